The van der Waals surface area contributed by atoms with Crippen molar-refractivity contribution < 1.29 is 18.3 Å². The maximum absolute atomic E-state index is 13.2. The molecule has 6 heteroatoms. The zero-order valence-corrected chi connectivity index (χ0v) is 14.8. The molecule has 1 aliphatic carbocycles. The highest BCUT2D eigenvalue weighted by Gasteiger charge is 2.45. The molecule has 2 heterocycles. The number of pyridine rings is 1. The number of benzene rings is 1. The molecule has 0 radical (unpaired) electrons. The Morgan fingerprint density at radius 2 is 1.96 bits per heavy atom. The monoisotopic (exact) mass is 364 g/mol. The number of fused-ring (bicyclic) bond motifs is 1. The predicted octanol–water partition coefficient (Wildman–Crippen LogP) is 4.69. The van der Waals surface area contributed by atoms with E-state index in [1.807, 2.05) is 13.0 Å². The first-order valence-electron chi connectivity index (χ1n) is 9.20. The Bertz CT molecular complexity index is 836. The summed E-state index contributed by atoms with van der Waals surface area (Å²) in [5.41, 5.74) is 1.41. The number of alkyl halides is 3. The molecule has 0 amide bonds. The van der Waals surface area contributed by atoms with Crippen LogP contribution >= 0.6 is 0 Å². The molecule has 1 N–H and O–H groups in total. The molecular formula is C20H23F3N2O. The van der Waals surface area contributed by atoms with Crippen molar-refractivity contribution in [1.82, 2.24) is 4.98 Å². The fourth-order valence-electron chi connectivity index (χ4n) is 4.74. The Morgan fingerprint density at radius 3 is 2.65 bits per heavy atom. The third-order valence-electron chi connectivity index (χ3n) is 6.05. The molecule has 2 fully saturated rings. The van der Waals surface area contributed by atoms with E-state index in [4.69, 9.17) is 0 Å². The van der Waals surface area contributed by atoms with Crippen LogP contribution in [0.5, 0.6) is 0 Å². The average molecular weight is 364 g/mol. The van der Waals surface area contributed by atoms with Crippen molar-refractivity contribution in [1.29, 1.82) is 0 Å². The van der Waals surface area contributed by atoms with Gasteiger partial charge in [-0.1, -0.05) is 6.42 Å². The number of halogens is 3. The van der Waals surface area contributed by atoms with Crippen LogP contribution in [0, 0.1) is 12.3 Å². The number of aliphatic hydroxyl groups is 1. The van der Waals surface area contributed by atoms with Crippen molar-refractivity contribution >= 4 is 16.6 Å². The summed E-state index contributed by atoms with van der Waals surface area (Å²) < 4.78 is 39.6. The number of anilines is 1. The fourth-order valence-corrected chi connectivity index (χ4v) is 4.74. The predicted molar refractivity (Wildman–Crippen MR) is 95.2 cm³/mol. The van der Waals surface area contributed by atoms with Crippen molar-refractivity contribution in [3.63, 3.8) is 0 Å². The average Bonchev–Trinajstić information content (AvgIpc) is 2.92. The summed E-state index contributed by atoms with van der Waals surface area (Å²) in [7, 11) is 0. The molecule has 3 nitrogen and oxygen atoms in total. The molecule has 2 aliphatic rings. The van der Waals surface area contributed by atoms with Crippen molar-refractivity contribution in [2.45, 2.75) is 51.3 Å². The number of hydrogen-bond acceptors (Lipinski definition) is 3. The van der Waals surface area contributed by atoms with Crippen LogP contribution in [-0.2, 0) is 6.18 Å². The van der Waals surface area contributed by atoms with Crippen LogP contribution in [0.4, 0.5) is 18.9 Å². The van der Waals surface area contributed by atoms with Gasteiger partial charge in [0.2, 0.25) is 0 Å². The van der Waals surface area contributed by atoms with Gasteiger partial charge < -0.3 is 10.0 Å². The van der Waals surface area contributed by atoms with Crippen molar-refractivity contribution in [2.24, 2.45) is 5.41 Å². The summed E-state index contributed by atoms with van der Waals surface area (Å²) in [4.78, 5) is 6.58. The second-order valence-corrected chi connectivity index (χ2v) is 7.81. The first-order valence-corrected chi connectivity index (χ1v) is 9.20. The zero-order valence-electron chi connectivity index (χ0n) is 14.8. The van der Waals surface area contributed by atoms with Crippen LogP contribution in [-0.4, -0.2) is 29.3 Å². The lowest BCUT2D eigenvalue weighted by Gasteiger charge is -2.44. The lowest BCUT2D eigenvalue weighted by Crippen LogP contribution is -2.47. The first kappa shape index (κ1) is 17.6. The van der Waals surface area contributed by atoms with E-state index in [9.17, 15) is 18.3 Å². The molecule has 1 aromatic carbocycles. The number of piperidine rings is 1. The lowest BCUT2D eigenvalue weighted by atomic mass is 9.76. The lowest BCUT2D eigenvalue weighted by molar-refractivity contribution is -0.137. The molecule has 140 valence electrons. The number of nitrogens with zero attached hydrogens (tertiary/aromatic N) is 2. The standard InChI is InChI=1S/C20H23F3N2O/c1-13-10-17(15-11-14(20(21,22)23)5-6-16(15)24-13)25-9-3-8-19(12-25)7-2-4-18(19)26/h5-6,10-11,18,26H,2-4,7-9,12H2,1H3/t18-,19-/m1/s1. The van der Waals surface area contributed by atoms with Crippen LogP contribution < -0.4 is 4.90 Å². The van der Waals surface area contributed by atoms with E-state index in [-0.39, 0.29) is 11.5 Å². The highest BCUT2D eigenvalue weighted by Crippen LogP contribution is 2.46. The quantitative estimate of drug-likeness (QED) is 0.797. The molecule has 26 heavy (non-hydrogen) atoms. The molecule has 0 unspecified atom stereocenters. The van der Waals surface area contributed by atoms with Gasteiger partial charge in [-0.05, 0) is 56.9 Å². The topological polar surface area (TPSA) is 36.4 Å². The normalized spacial score (nSPS) is 26.8. The molecule has 0 bridgehead atoms. The Kier molecular flexibility index (Phi) is 4.14. The van der Waals surface area contributed by atoms with Gasteiger partial charge in [0.15, 0.2) is 0 Å². The van der Waals surface area contributed by atoms with E-state index in [1.54, 1.807) is 0 Å². The minimum Gasteiger partial charge on any atom is -0.392 e. The summed E-state index contributed by atoms with van der Waals surface area (Å²) in [6, 6.07) is 5.64. The minimum absolute atomic E-state index is 0.122. The van der Waals surface area contributed by atoms with Crippen LogP contribution in [0.15, 0.2) is 24.3 Å². The third-order valence-corrected chi connectivity index (χ3v) is 6.05. The zero-order chi connectivity index (χ0) is 18.5. The maximum atomic E-state index is 13.2. The van der Waals surface area contributed by atoms with Gasteiger partial charge in [-0.3, -0.25) is 4.98 Å². The van der Waals surface area contributed by atoms with Crippen LogP contribution in [0.3, 0.4) is 0 Å². The Morgan fingerprint density at radius 1 is 1.19 bits per heavy atom. The van der Waals surface area contributed by atoms with Gasteiger partial charge in [0.25, 0.3) is 0 Å². The van der Waals surface area contributed by atoms with Crippen LogP contribution in [0.1, 0.15) is 43.4 Å². The van der Waals surface area contributed by atoms with Crippen LogP contribution in [0.2, 0.25) is 0 Å². The van der Waals surface area contributed by atoms with E-state index in [2.05, 4.69) is 9.88 Å². The van der Waals surface area contributed by atoms with E-state index in [1.165, 1.54) is 12.1 Å². The Balaban J connectivity index is 1.79. The van der Waals surface area contributed by atoms with E-state index in [0.29, 0.717) is 17.4 Å². The first-order chi connectivity index (χ1) is 12.3. The number of aryl methyl sites for hydroxylation is 1. The number of aliphatic hydroxyl groups excluding tert-OH is 1. The van der Waals surface area contributed by atoms with Gasteiger partial charge in [-0.2, -0.15) is 13.2 Å². The van der Waals surface area contributed by atoms with E-state index in [0.717, 1.165) is 56.1 Å². The van der Waals surface area contributed by atoms with Crippen molar-refractivity contribution in [3.8, 4) is 0 Å². The van der Waals surface area contributed by atoms with Crippen molar-refractivity contribution in [3.05, 3.63) is 35.5 Å². The van der Waals surface area contributed by atoms with E-state index < -0.39 is 11.7 Å². The van der Waals surface area contributed by atoms with Gasteiger partial charge >= 0.3 is 6.18 Å². The highest BCUT2D eigenvalue weighted by molar-refractivity contribution is 5.92. The summed E-state index contributed by atoms with van der Waals surface area (Å²) in [6.45, 7) is 3.36. The second-order valence-electron chi connectivity index (χ2n) is 7.81. The number of aromatic nitrogens is 1. The molecule has 4 rings (SSSR count). The van der Waals surface area contributed by atoms with Gasteiger partial charge in [0.05, 0.1) is 17.2 Å². The van der Waals surface area contributed by atoms with Crippen LogP contribution in [0.25, 0.3) is 10.9 Å². The number of hydrogen-bond donors (Lipinski definition) is 1. The highest BCUT2D eigenvalue weighted by atomic mass is 19.4. The molecule has 1 aromatic heterocycles. The summed E-state index contributed by atoms with van der Waals surface area (Å²) in [5.74, 6) is 0. The Hall–Kier alpha value is -1.82. The smallest absolute Gasteiger partial charge is 0.392 e. The molecule has 1 aliphatic heterocycles. The SMILES string of the molecule is Cc1cc(N2CCC[C@]3(CCC[C@H]3O)C2)c2cc(C(F)(F)F)ccc2n1. The molecule has 1 saturated carbocycles. The second kappa shape index (κ2) is 6.12. The fraction of sp³-hybridized carbons (Fsp3) is 0.550. The summed E-state index contributed by atoms with van der Waals surface area (Å²) in [6.07, 6.45) is 0.0668. The molecular weight excluding hydrogens is 341 g/mol. The summed E-state index contributed by atoms with van der Waals surface area (Å²) >= 11 is 0. The maximum Gasteiger partial charge on any atom is 0.416 e. The van der Waals surface area contributed by atoms with Gasteiger partial charge in [0.1, 0.15) is 0 Å². The molecule has 1 spiro atoms. The van der Waals surface area contributed by atoms with Crippen molar-refractivity contribution in [2.75, 3.05) is 18.0 Å². The van der Waals surface area contributed by atoms with Gasteiger partial charge in [0, 0.05) is 35.3 Å². The largest absolute Gasteiger partial charge is 0.416 e. The Labute approximate surface area is 150 Å². The molecule has 2 aromatic rings. The molecule has 1 saturated heterocycles. The van der Waals surface area contributed by atoms with Gasteiger partial charge in [-0.25, -0.2) is 0 Å². The summed E-state index contributed by atoms with van der Waals surface area (Å²) in [5, 5.41) is 11.0. The molecule has 2 atom stereocenters. The third kappa shape index (κ3) is 2.94. The minimum atomic E-state index is -4.37. The number of rotatable bonds is 1. The van der Waals surface area contributed by atoms with E-state index >= 15 is 0 Å². The van der Waals surface area contributed by atoms with Gasteiger partial charge in [-0.15, -0.1) is 0 Å².